The van der Waals surface area contributed by atoms with E-state index < -0.39 is 0 Å². The first-order valence-corrected chi connectivity index (χ1v) is 11.5. The van der Waals surface area contributed by atoms with Crippen LogP contribution >= 0.6 is 24.0 Å². The second-order valence-corrected chi connectivity index (χ2v) is 8.72. The van der Waals surface area contributed by atoms with Crippen molar-refractivity contribution < 1.29 is 0 Å². The van der Waals surface area contributed by atoms with Gasteiger partial charge in [0.25, 0.3) is 0 Å². The van der Waals surface area contributed by atoms with Gasteiger partial charge in [0.05, 0.1) is 0 Å². The van der Waals surface area contributed by atoms with E-state index >= 15 is 0 Å². The Morgan fingerprint density at radius 3 is 2.47 bits per heavy atom. The lowest BCUT2D eigenvalue weighted by atomic mass is 9.92. The van der Waals surface area contributed by atoms with Crippen LogP contribution in [-0.4, -0.2) is 56.2 Å². The number of hydrogen-bond donors (Lipinski definition) is 2. The summed E-state index contributed by atoms with van der Waals surface area (Å²) < 4.78 is 0. The monoisotopic (exact) mass is 523 g/mol. The molecule has 0 radical (unpaired) electrons. The molecule has 1 aromatic carbocycles. The molecule has 0 unspecified atom stereocenters. The van der Waals surface area contributed by atoms with Gasteiger partial charge in [0.2, 0.25) is 0 Å². The first kappa shape index (κ1) is 23.4. The number of anilines is 1. The van der Waals surface area contributed by atoms with E-state index in [1.165, 1.54) is 69.3 Å². The second-order valence-electron chi connectivity index (χ2n) is 8.72. The third kappa shape index (κ3) is 6.36. The van der Waals surface area contributed by atoms with Crippen LogP contribution in [0.2, 0.25) is 0 Å². The van der Waals surface area contributed by atoms with E-state index in [4.69, 9.17) is 0 Å². The van der Waals surface area contributed by atoms with Crippen LogP contribution in [0.3, 0.4) is 0 Å². The van der Waals surface area contributed by atoms with E-state index in [1.807, 2.05) is 7.05 Å². The Balaban J connectivity index is 0.00000256. The minimum Gasteiger partial charge on any atom is -0.364 e. The molecule has 166 valence electrons. The van der Waals surface area contributed by atoms with Crippen LogP contribution in [0.25, 0.3) is 0 Å². The van der Waals surface area contributed by atoms with Crippen LogP contribution in [0.4, 0.5) is 5.69 Å². The summed E-state index contributed by atoms with van der Waals surface area (Å²) in [6, 6.07) is 10.2. The first-order valence-electron chi connectivity index (χ1n) is 11.5. The Labute approximate surface area is 199 Å². The molecule has 1 aliphatic carbocycles. The zero-order chi connectivity index (χ0) is 19.9. The van der Waals surface area contributed by atoms with Crippen molar-refractivity contribution in [2.75, 3.05) is 38.1 Å². The number of hydrogen-bond acceptors (Lipinski definition) is 3. The number of nitrogens with one attached hydrogen (secondary N) is 2. The Hall–Kier alpha value is -1.28. The van der Waals surface area contributed by atoms with Gasteiger partial charge in [-0.05, 0) is 43.4 Å². The van der Waals surface area contributed by atoms with E-state index in [2.05, 4.69) is 61.8 Å². The molecule has 1 saturated heterocycles. The summed E-state index contributed by atoms with van der Waals surface area (Å²) in [5.74, 6) is 0.925. The normalized spacial score (nSPS) is 21.5. The molecule has 1 saturated carbocycles. The largest absolute Gasteiger partial charge is 0.364 e. The summed E-state index contributed by atoms with van der Waals surface area (Å²) in [6.45, 7) is 5.28. The fourth-order valence-corrected chi connectivity index (χ4v) is 4.98. The molecule has 0 bridgehead atoms. The van der Waals surface area contributed by atoms with Crippen LogP contribution in [0, 0.1) is 0 Å². The molecule has 3 aliphatic rings. The molecular weight excluding hydrogens is 485 g/mol. The van der Waals surface area contributed by atoms with Gasteiger partial charge in [0.1, 0.15) is 0 Å². The second kappa shape index (κ2) is 11.9. The van der Waals surface area contributed by atoms with E-state index in [-0.39, 0.29) is 24.0 Å². The maximum absolute atomic E-state index is 4.47. The minimum atomic E-state index is 0. The number of rotatable bonds is 5. The molecule has 6 heteroatoms. The number of nitrogens with zero attached hydrogens (tertiary/aromatic N) is 3. The topological polar surface area (TPSA) is 42.9 Å². The van der Waals surface area contributed by atoms with Gasteiger partial charge < -0.3 is 20.4 Å². The molecule has 1 aromatic rings. The molecule has 5 nitrogen and oxygen atoms in total. The predicted octanol–water partition coefficient (Wildman–Crippen LogP) is 4.14. The lowest BCUT2D eigenvalue weighted by molar-refractivity contribution is 0.119. The standard InChI is InChI=1S/C24H37N5.HI/c1-25-24(26-19-20-8-7-11-23(18-20)28-14-5-6-15-28)27-21-12-16-29(17-13-21)22-9-3-2-4-10-22;/h5-8,11,18,21-22H,2-4,9-10,12-17,19H2,1H3,(H2,25,26,27);1H. The van der Waals surface area contributed by atoms with Gasteiger partial charge >= 0.3 is 0 Å². The van der Waals surface area contributed by atoms with Gasteiger partial charge in [0.15, 0.2) is 5.96 Å². The van der Waals surface area contributed by atoms with Crippen LogP contribution in [0.1, 0.15) is 50.5 Å². The van der Waals surface area contributed by atoms with Crippen molar-refractivity contribution in [1.82, 2.24) is 15.5 Å². The van der Waals surface area contributed by atoms with Crippen LogP contribution in [0.5, 0.6) is 0 Å². The predicted molar refractivity (Wildman–Crippen MR) is 138 cm³/mol. The van der Waals surface area contributed by atoms with Gasteiger partial charge in [-0.1, -0.05) is 43.5 Å². The van der Waals surface area contributed by atoms with Crippen molar-refractivity contribution in [2.45, 2.75) is 63.6 Å². The van der Waals surface area contributed by atoms with E-state index in [0.29, 0.717) is 6.04 Å². The summed E-state index contributed by atoms with van der Waals surface area (Å²) >= 11 is 0. The lowest BCUT2D eigenvalue weighted by Gasteiger charge is -2.39. The van der Waals surface area contributed by atoms with E-state index in [1.54, 1.807) is 0 Å². The molecule has 2 N–H and O–H groups in total. The zero-order valence-electron chi connectivity index (χ0n) is 18.4. The van der Waals surface area contributed by atoms with Crippen LogP contribution in [-0.2, 0) is 6.54 Å². The number of likely N-dealkylation sites (tertiary alicyclic amines) is 1. The number of guanidine groups is 1. The summed E-state index contributed by atoms with van der Waals surface area (Å²) in [6.07, 6.45) is 14.0. The Bertz CT molecular complexity index is 697. The Kier molecular flexibility index (Phi) is 9.30. The maximum Gasteiger partial charge on any atom is 0.191 e. The SMILES string of the molecule is CN=C(NCc1cccc(N2CC=CC2)c1)NC1CCN(C2CCCCC2)CC1.I. The fraction of sp³-hybridized carbons (Fsp3) is 0.625. The minimum absolute atomic E-state index is 0. The van der Waals surface area contributed by atoms with Crippen molar-refractivity contribution in [3.8, 4) is 0 Å². The van der Waals surface area contributed by atoms with E-state index in [9.17, 15) is 0 Å². The van der Waals surface area contributed by atoms with Gasteiger partial charge in [-0.25, -0.2) is 0 Å². The highest BCUT2D eigenvalue weighted by atomic mass is 127. The third-order valence-electron chi connectivity index (χ3n) is 6.74. The molecule has 2 aliphatic heterocycles. The average molecular weight is 524 g/mol. The van der Waals surface area contributed by atoms with Crippen molar-refractivity contribution in [3.05, 3.63) is 42.0 Å². The highest BCUT2D eigenvalue weighted by Gasteiger charge is 2.26. The average Bonchev–Trinajstić information content (AvgIpc) is 3.33. The van der Waals surface area contributed by atoms with Gasteiger partial charge in [-0.3, -0.25) is 4.99 Å². The van der Waals surface area contributed by atoms with Crippen molar-refractivity contribution >= 4 is 35.6 Å². The van der Waals surface area contributed by atoms with Crippen LogP contribution < -0.4 is 15.5 Å². The molecule has 2 fully saturated rings. The Morgan fingerprint density at radius 1 is 1.03 bits per heavy atom. The molecule has 4 rings (SSSR count). The molecule has 0 spiro atoms. The molecule has 0 amide bonds. The smallest absolute Gasteiger partial charge is 0.191 e. The van der Waals surface area contributed by atoms with Gasteiger partial charge in [-0.15, -0.1) is 24.0 Å². The summed E-state index contributed by atoms with van der Waals surface area (Å²) in [5, 5.41) is 7.18. The number of benzene rings is 1. The lowest BCUT2D eigenvalue weighted by Crippen LogP contribution is -2.50. The Morgan fingerprint density at radius 2 is 1.77 bits per heavy atom. The summed E-state index contributed by atoms with van der Waals surface area (Å²) in [4.78, 5) is 9.59. The van der Waals surface area contributed by atoms with E-state index in [0.717, 1.165) is 31.6 Å². The van der Waals surface area contributed by atoms with Crippen molar-refractivity contribution in [3.63, 3.8) is 0 Å². The molecule has 0 atom stereocenters. The molecule has 30 heavy (non-hydrogen) atoms. The zero-order valence-corrected chi connectivity index (χ0v) is 20.7. The molecular formula is C24H38IN5. The highest BCUT2D eigenvalue weighted by molar-refractivity contribution is 14.0. The van der Waals surface area contributed by atoms with Crippen molar-refractivity contribution in [1.29, 1.82) is 0 Å². The quantitative estimate of drug-likeness (QED) is 0.264. The maximum atomic E-state index is 4.47. The number of halogens is 1. The van der Waals surface area contributed by atoms with Gasteiger partial charge in [-0.2, -0.15) is 0 Å². The van der Waals surface area contributed by atoms with Crippen LogP contribution in [0.15, 0.2) is 41.4 Å². The summed E-state index contributed by atoms with van der Waals surface area (Å²) in [7, 11) is 1.87. The van der Waals surface area contributed by atoms with Gasteiger partial charge in [0, 0.05) is 57.5 Å². The third-order valence-corrected chi connectivity index (χ3v) is 6.74. The number of piperidine rings is 1. The number of aliphatic imine (C=N–C) groups is 1. The molecule has 2 heterocycles. The molecule has 0 aromatic heterocycles. The highest BCUT2D eigenvalue weighted by Crippen LogP contribution is 2.25. The first-order chi connectivity index (χ1) is 14.3. The summed E-state index contributed by atoms with van der Waals surface area (Å²) in [5.41, 5.74) is 2.59. The fourth-order valence-electron chi connectivity index (χ4n) is 4.98. The van der Waals surface area contributed by atoms with Crippen molar-refractivity contribution in [2.24, 2.45) is 4.99 Å².